The maximum atomic E-state index is 9.58. The van der Waals surface area contributed by atoms with Gasteiger partial charge < -0.3 is 9.84 Å². The number of methoxy groups -OCH3 is 1. The molecule has 0 amide bonds. The van der Waals surface area contributed by atoms with E-state index >= 15 is 0 Å². The molecule has 3 nitrogen and oxygen atoms in total. The third-order valence-electron chi connectivity index (χ3n) is 2.22. The molecule has 0 saturated carbocycles. The van der Waals surface area contributed by atoms with Crippen LogP contribution in [0.5, 0.6) is 5.75 Å². The second-order valence-corrected chi connectivity index (χ2v) is 4.52. The normalized spacial score (nSPS) is 11.9. The molecule has 3 heteroatoms. The predicted octanol–water partition coefficient (Wildman–Crippen LogP) is 1.71. The van der Waals surface area contributed by atoms with Crippen LogP contribution in [0.2, 0.25) is 0 Å². The number of hydrogen-bond acceptors (Lipinski definition) is 3. The maximum absolute atomic E-state index is 9.58. The van der Waals surface area contributed by atoms with Crippen LogP contribution in [0.4, 0.5) is 0 Å². The minimum absolute atomic E-state index is 0.541. The molecule has 0 aromatic heterocycles. The smallest absolute Gasteiger partial charge is 0.118 e. The summed E-state index contributed by atoms with van der Waals surface area (Å²) in [5.74, 6) is 0.857. The Balaban J connectivity index is 2.53. The van der Waals surface area contributed by atoms with E-state index in [0.29, 0.717) is 6.54 Å². The zero-order valence-electron chi connectivity index (χ0n) is 10.2. The Morgan fingerprint density at radius 1 is 1.38 bits per heavy atom. The van der Waals surface area contributed by atoms with E-state index < -0.39 is 5.60 Å². The number of likely N-dealkylation sites (N-methyl/N-ethyl adjacent to an activating group) is 1. The number of ether oxygens (including phenoxy) is 1. The van der Waals surface area contributed by atoms with Crippen molar-refractivity contribution in [1.29, 1.82) is 0 Å². The number of benzene rings is 1. The van der Waals surface area contributed by atoms with E-state index in [0.717, 1.165) is 12.3 Å². The van der Waals surface area contributed by atoms with Gasteiger partial charge in [-0.15, -0.1) is 0 Å². The van der Waals surface area contributed by atoms with Crippen molar-refractivity contribution in [2.24, 2.45) is 0 Å². The van der Waals surface area contributed by atoms with Crippen LogP contribution >= 0.6 is 0 Å². The van der Waals surface area contributed by atoms with Crippen molar-refractivity contribution in [3.8, 4) is 5.75 Å². The fourth-order valence-electron chi connectivity index (χ4n) is 1.68. The Kier molecular flexibility index (Phi) is 4.33. The number of hydrogen-bond donors (Lipinski definition) is 1. The van der Waals surface area contributed by atoms with E-state index in [2.05, 4.69) is 6.92 Å². The van der Waals surface area contributed by atoms with Gasteiger partial charge in [-0.25, -0.2) is 0 Å². The van der Waals surface area contributed by atoms with E-state index in [-0.39, 0.29) is 0 Å². The van der Waals surface area contributed by atoms with Crippen molar-refractivity contribution in [3.05, 3.63) is 36.8 Å². The number of nitrogens with zero attached hydrogens (tertiary/aromatic N) is 1. The lowest BCUT2D eigenvalue weighted by Crippen LogP contribution is -2.36. The third kappa shape index (κ3) is 4.64. The first-order chi connectivity index (χ1) is 7.40. The van der Waals surface area contributed by atoms with Gasteiger partial charge in [0.15, 0.2) is 0 Å². The molecule has 1 atom stereocenters. The van der Waals surface area contributed by atoms with Crippen molar-refractivity contribution >= 4 is 0 Å². The highest BCUT2D eigenvalue weighted by Gasteiger charge is 2.15. The maximum Gasteiger partial charge on any atom is 0.118 e. The Labute approximate surface area is 97.7 Å². The highest BCUT2D eigenvalue weighted by molar-refractivity contribution is 5.27. The van der Waals surface area contributed by atoms with Crippen LogP contribution in [-0.2, 0) is 6.54 Å². The topological polar surface area (TPSA) is 32.7 Å². The molecule has 0 heterocycles. The van der Waals surface area contributed by atoms with E-state index in [1.165, 1.54) is 5.56 Å². The SMILES string of the molecule is [CH2][C@@](C)(O)CN(C)Cc1ccc(OC)cc1. The first-order valence-corrected chi connectivity index (χ1v) is 5.30. The molecule has 1 N–H and O–H groups in total. The second kappa shape index (κ2) is 5.32. The summed E-state index contributed by atoms with van der Waals surface area (Å²) >= 11 is 0. The highest BCUT2D eigenvalue weighted by atomic mass is 16.5. The van der Waals surface area contributed by atoms with Crippen molar-refractivity contribution in [2.45, 2.75) is 19.1 Å². The third-order valence-corrected chi connectivity index (χ3v) is 2.22. The standard InChI is InChI=1S/C13H20NO2/c1-13(2,15)10-14(3)9-11-5-7-12(16-4)8-6-11/h5-8,15H,1,9-10H2,2-4H3/t13-/m0/s1. The molecule has 0 aliphatic heterocycles. The summed E-state index contributed by atoms with van der Waals surface area (Å²) in [6, 6.07) is 7.91. The summed E-state index contributed by atoms with van der Waals surface area (Å²) in [5, 5.41) is 9.58. The van der Waals surface area contributed by atoms with Gasteiger partial charge >= 0.3 is 0 Å². The van der Waals surface area contributed by atoms with Crippen LogP contribution in [0, 0.1) is 6.92 Å². The Hall–Kier alpha value is -1.06. The minimum Gasteiger partial charge on any atom is -0.497 e. The van der Waals surface area contributed by atoms with Gasteiger partial charge in [0.2, 0.25) is 0 Å². The minimum atomic E-state index is -0.902. The predicted molar refractivity (Wildman–Crippen MR) is 65.3 cm³/mol. The number of aliphatic hydroxyl groups is 1. The highest BCUT2D eigenvalue weighted by Crippen LogP contribution is 2.13. The lowest BCUT2D eigenvalue weighted by molar-refractivity contribution is 0.0664. The lowest BCUT2D eigenvalue weighted by atomic mass is 10.1. The molecule has 0 fully saturated rings. The van der Waals surface area contributed by atoms with Crippen molar-refractivity contribution in [1.82, 2.24) is 4.90 Å². The lowest BCUT2D eigenvalue weighted by Gasteiger charge is -2.25. The fourth-order valence-corrected chi connectivity index (χ4v) is 1.68. The molecule has 1 rings (SSSR count). The van der Waals surface area contributed by atoms with Gasteiger partial charge in [0.1, 0.15) is 5.75 Å². The van der Waals surface area contributed by atoms with Gasteiger partial charge in [-0.2, -0.15) is 0 Å². The van der Waals surface area contributed by atoms with Gasteiger partial charge in [0.25, 0.3) is 0 Å². The van der Waals surface area contributed by atoms with Crippen molar-refractivity contribution in [3.63, 3.8) is 0 Å². The summed E-state index contributed by atoms with van der Waals surface area (Å²) < 4.78 is 5.09. The van der Waals surface area contributed by atoms with E-state index in [1.807, 2.05) is 36.2 Å². The largest absolute Gasteiger partial charge is 0.497 e. The summed E-state index contributed by atoms with van der Waals surface area (Å²) in [7, 11) is 3.62. The molecular formula is C13H20NO2. The zero-order chi connectivity index (χ0) is 12.2. The summed E-state index contributed by atoms with van der Waals surface area (Å²) in [4.78, 5) is 2.04. The Morgan fingerprint density at radius 2 is 1.94 bits per heavy atom. The number of rotatable bonds is 5. The molecule has 16 heavy (non-hydrogen) atoms. The van der Waals surface area contributed by atoms with E-state index in [1.54, 1.807) is 14.0 Å². The summed E-state index contributed by atoms with van der Waals surface area (Å²) in [6.07, 6.45) is 0. The van der Waals surface area contributed by atoms with Crippen LogP contribution in [0.1, 0.15) is 12.5 Å². The zero-order valence-corrected chi connectivity index (χ0v) is 10.2. The average Bonchev–Trinajstić information content (AvgIpc) is 2.16. The fraction of sp³-hybridized carbons (Fsp3) is 0.462. The van der Waals surface area contributed by atoms with E-state index in [9.17, 15) is 5.11 Å². The second-order valence-electron chi connectivity index (χ2n) is 4.52. The van der Waals surface area contributed by atoms with Gasteiger partial charge in [0.05, 0.1) is 12.7 Å². The molecule has 0 saturated heterocycles. The summed E-state index contributed by atoms with van der Waals surface area (Å²) in [6.45, 7) is 6.71. The van der Waals surface area contributed by atoms with Crippen LogP contribution in [-0.4, -0.2) is 36.3 Å². The molecule has 0 spiro atoms. The van der Waals surface area contributed by atoms with Crippen molar-refractivity contribution < 1.29 is 9.84 Å². The first kappa shape index (κ1) is 13.0. The molecule has 0 aliphatic carbocycles. The Morgan fingerprint density at radius 3 is 2.38 bits per heavy atom. The first-order valence-electron chi connectivity index (χ1n) is 5.30. The molecule has 0 bridgehead atoms. The molecule has 1 aromatic carbocycles. The van der Waals surface area contributed by atoms with E-state index in [4.69, 9.17) is 4.74 Å². The van der Waals surface area contributed by atoms with Crippen LogP contribution in [0.3, 0.4) is 0 Å². The molecule has 0 aliphatic rings. The average molecular weight is 222 g/mol. The Bertz CT molecular complexity index is 314. The molecule has 1 radical (unpaired) electrons. The van der Waals surface area contributed by atoms with Gasteiger partial charge in [-0.1, -0.05) is 12.1 Å². The molecule has 1 aromatic rings. The molecule has 89 valence electrons. The van der Waals surface area contributed by atoms with Crippen LogP contribution in [0.25, 0.3) is 0 Å². The van der Waals surface area contributed by atoms with Gasteiger partial charge in [-0.05, 0) is 38.6 Å². The van der Waals surface area contributed by atoms with Crippen molar-refractivity contribution in [2.75, 3.05) is 20.7 Å². The van der Waals surface area contributed by atoms with Gasteiger partial charge in [0, 0.05) is 13.1 Å². The molecule has 0 unspecified atom stereocenters. The quantitative estimate of drug-likeness (QED) is 0.823. The van der Waals surface area contributed by atoms with Crippen LogP contribution < -0.4 is 4.74 Å². The monoisotopic (exact) mass is 222 g/mol. The van der Waals surface area contributed by atoms with Crippen LogP contribution in [0.15, 0.2) is 24.3 Å². The summed E-state index contributed by atoms with van der Waals surface area (Å²) in [5.41, 5.74) is 0.286. The van der Waals surface area contributed by atoms with Gasteiger partial charge in [-0.3, -0.25) is 4.90 Å². The molecular weight excluding hydrogens is 202 g/mol.